The van der Waals surface area contributed by atoms with Gasteiger partial charge in [-0.05, 0) is 174 Å². The lowest BCUT2D eigenvalue weighted by Crippen LogP contribution is -2.00. The molecule has 0 unspecified atom stereocenters. The molecule has 324 valence electrons. The van der Waals surface area contributed by atoms with E-state index in [2.05, 4.69) is 94.2 Å². The van der Waals surface area contributed by atoms with Gasteiger partial charge in [0.25, 0.3) is 0 Å². The first-order valence-corrected chi connectivity index (χ1v) is 19.9. The maximum Gasteiger partial charge on any atom is 0.337 e. The second kappa shape index (κ2) is 28.3. The van der Waals surface area contributed by atoms with Crippen molar-refractivity contribution in [3.63, 3.8) is 0 Å². The van der Waals surface area contributed by atoms with Gasteiger partial charge in [0, 0.05) is 60.7 Å². The Morgan fingerprint density at radius 2 is 0.667 bits per heavy atom. The zero-order valence-corrected chi connectivity index (χ0v) is 37.4. The van der Waals surface area contributed by atoms with Gasteiger partial charge in [-0.25, -0.2) is 19.2 Å². The number of hydrogen-bond acceptors (Lipinski definition) is 9. The van der Waals surface area contributed by atoms with Gasteiger partial charge in [-0.3, -0.25) is 0 Å². The van der Waals surface area contributed by atoms with Gasteiger partial charge in [-0.2, -0.15) is 0 Å². The number of nitrogen functional groups attached to an aromatic ring is 2. The van der Waals surface area contributed by atoms with E-state index in [0.29, 0.717) is 28.1 Å². The van der Waals surface area contributed by atoms with Crippen LogP contribution in [0.5, 0.6) is 0 Å². The van der Waals surface area contributed by atoms with Crippen molar-refractivity contribution in [1.82, 2.24) is 0 Å². The van der Waals surface area contributed by atoms with Gasteiger partial charge in [-0.15, -0.1) is 6.42 Å². The number of carbonyl (C=O) groups is 4. The Hall–Kier alpha value is -9.36. The number of methoxy groups -OCH3 is 3. The average Bonchev–Trinajstić information content (AvgIpc) is 3.36. The van der Waals surface area contributed by atoms with E-state index < -0.39 is 5.97 Å². The van der Waals surface area contributed by atoms with Crippen molar-refractivity contribution in [2.45, 2.75) is 0 Å². The monoisotopic (exact) mass is 934 g/mol. The highest BCUT2D eigenvalue weighted by molar-refractivity contribution is 9.12. The van der Waals surface area contributed by atoms with Crippen molar-refractivity contribution in [3.8, 4) is 70.5 Å². The van der Waals surface area contributed by atoms with Gasteiger partial charge < -0.3 is 30.8 Å². The van der Waals surface area contributed by atoms with Crippen LogP contribution in [-0.2, 0) is 14.2 Å². The number of ether oxygens (including phenoxy) is 3. The van der Waals surface area contributed by atoms with Crippen molar-refractivity contribution in [1.29, 1.82) is 0 Å². The minimum absolute atomic E-state index is 0.239. The molecule has 6 aromatic rings. The summed E-state index contributed by atoms with van der Waals surface area (Å²) in [6.45, 7) is 0. The summed E-state index contributed by atoms with van der Waals surface area (Å²) in [5.41, 5.74) is 19.2. The Balaban J connectivity index is 0.000000240. The van der Waals surface area contributed by atoms with Crippen LogP contribution >= 0.6 is 15.9 Å². The predicted molar refractivity (Wildman–Crippen MR) is 260 cm³/mol. The molecule has 0 saturated carbocycles. The van der Waals surface area contributed by atoms with Crippen LogP contribution in [0.2, 0.25) is 0 Å². The summed E-state index contributed by atoms with van der Waals surface area (Å²) in [6, 6.07) is 41.2. The van der Waals surface area contributed by atoms with Crippen molar-refractivity contribution in [2.75, 3.05) is 32.8 Å². The minimum Gasteiger partial charge on any atom is -0.478 e. The fourth-order valence-corrected chi connectivity index (χ4v) is 4.96. The van der Waals surface area contributed by atoms with Crippen LogP contribution in [0.25, 0.3) is 0 Å². The molecule has 11 heteroatoms. The van der Waals surface area contributed by atoms with Crippen molar-refractivity contribution < 1.29 is 38.5 Å². The third-order valence-electron chi connectivity index (χ3n) is 8.18. The number of halogens is 1. The largest absolute Gasteiger partial charge is 0.478 e. The molecule has 0 saturated heterocycles. The van der Waals surface area contributed by atoms with Gasteiger partial charge in [0.05, 0.1) is 43.6 Å². The zero-order chi connectivity index (χ0) is 48.1. The van der Waals surface area contributed by atoms with E-state index in [9.17, 15) is 19.2 Å². The lowest BCUT2D eigenvalue weighted by molar-refractivity contribution is 0.0592. The molecule has 0 aliphatic heterocycles. The maximum atomic E-state index is 11.3. The molecule has 0 spiro atoms. The number of carbonyl (C=O) groups excluding carboxylic acids is 3. The van der Waals surface area contributed by atoms with Crippen LogP contribution < -0.4 is 11.5 Å². The Labute approximate surface area is 392 Å². The number of aromatic carboxylic acids is 1. The summed E-state index contributed by atoms with van der Waals surface area (Å²) in [5.74, 6) is 25.9. The highest BCUT2D eigenvalue weighted by atomic mass is 79.9. The highest BCUT2D eigenvalue weighted by Crippen LogP contribution is 2.08. The topological polar surface area (TPSA) is 168 Å². The van der Waals surface area contributed by atoms with E-state index in [1.54, 1.807) is 109 Å². The molecule has 0 amide bonds. The Bertz CT molecular complexity index is 2970. The molecular formula is C55H39BrN2O8. The van der Waals surface area contributed by atoms with Crippen molar-refractivity contribution >= 4 is 51.2 Å². The summed E-state index contributed by atoms with van der Waals surface area (Å²) in [6.07, 6.45) is 5.14. The van der Waals surface area contributed by atoms with E-state index in [1.165, 1.54) is 33.5 Å². The fourth-order valence-electron chi connectivity index (χ4n) is 4.73. The molecule has 0 aromatic heterocycles. The van der Waals surface area contributed by atoms with Crippen LogP contribution in [0.4, 0.5) is 11.4 Å². The second-order valence-electron chi connectivity index (χ2n) is 12.7. The molecule has 5 N–H and O–H groups in total. The van der Waals surface area contributed by atoms with Crippen LogP contribution in [0, 0.1) is 70.5 Å². The number of nitrogens with two attached hydrogens (primary N) is 2. The number of anilines is 2. The number of terminal acetylenes is 1. The predicted octanol–water partition coefficient (Wildman–Crippen LogP) is 8.46. The molecule has 10 nitrogen and oxygen atoms in total. The van der Waals surface area contributed by atoms with Gasteiger partial charge in [0.2, 0.25) is 0 Å². The molecular weight excluding hydrogens is 897 g/mol. The molecule has 6 aromatic carbocycles. The fraction of sp³-hybridized carbons (Fsp3) is 0.0545. The number of carboxylic acids is 1. The van der Waals surface area contributed by atoms with E-state index in [1.807, 2.05) is 24.3 Å². The van der Waals surface area contributed by atoms with Gasteiger partial charge >= 0.3 is 23.9 Å². The van der Waals surface area contributed by atoms with Gasteiger partial charge in [0.1, 0.15) is 0 Å². The first-order valence-electron chi connectivity index (χ1n) is 19.1. The Morgan fingerprint density at radius 3 is 0.909 bits per heavy atom. The SMILES string of the molecule is C#Cc1ccc(C(=O)OC)cc1.COC(=O)c1ccc(C#CBr)cc1.COC(=O)c1ccc(C#CC#Cc2ccc(N)cc2)cc1.Nc1ccc(C#CC#Cc2ccc(C(=O)O)cc2)cc1. The number of benzene rings is 6. The van der Waals surface area contributed by atoms with Gasteiger partial charge in [0.15, 0.2) is 0 Å². The van der Waals surface area contributed by atoms with E-state index in [0.717, 1.165) is 33.4 Å². The molecule has 0 fully saturated rings. The molecule has 0 aliphatic rings. The molecule has 66 heavy (non-hydrogen) atoms. The number of rotatable bonds is 4. The second-order valence-corrected chi connectivity index (χ2v) is 13.1. The van der Waals surface area contributed by atoms with E-state index in [4.69, 9.17) is 23.0 Å². The standard InChI is InChI=1S/C18H13NO2.C17H11NO2.C10H7BrO2.C10H8O2/c1-21-18(20)16-10-6-14(7-11-16)4-2-3-5-15-8-12-17(19)13-9-15;18-16-11-7-14(8-12-16)4-2-1-3-13-5-9-15(10-6-13)17(19)20;1-13-10(12)9-4-2-8(3-5-9)6-7-11;1-3-8-4-6-9(7-5-8)10(11)12-2/h6-13H,19H2,1H3;5-12H,18H2,(H,19,20);2-5H,1H3;1,4-7H,2H3. The average molecular weight is 936 g/mol. The minimum atomic E-state index is -0.951. The summed E-state index contributed by atoms with van der Waals surface area (Å²) in [4.78, 5) is 46.5. The molecule has 0 radical (unpaired) electrons. The Kier molecular flexibility index (Phi) is 21.9. The first-order chi connectivity index (χ1) is 31.9. The number of carboxylic acid groups (broad SMARTS) is 1. The van der Waals surface area contributed by atoms with Gasteiger partial charge in [-0.1, -0.05) is 35.5 Å². The lowest BCUT2D eigenvalue weighted by Gasteiger charge is -1.97. The third-order valence-corrected chi connectivity index (χ3v) is 8.38. The van der Waals surface area contributed by atoms with Crippen molar-refractivity contribution in [3.05, 3.63) is 201 Å². The lowest BCUT2D eigenvalue weighted by atomic mass is 10.1. The molecule has 0 atom stereocenters. The quantitative estimate of drug-likeness (QED) is 0.0675. The third kappa shape index (κ3) is 18.7. The molecule has 0 heterocycles. The summed E-state index contributed by atoms with van der Waals surface area (Å²) >= 11 is 2.99. The summed E-state index contributed by atoms with van der Waals surface area (Å²) in [5, 5.41) is 8.77. The Morgan fingerprint density at radius 1 is 0.424 bits per heavy atom. The molecule has 6 rings (SSSR count). The van der Waals surface area contributed by atoms with Crippen molar-refractivity contribution in [2.24, 2.45) is 0 Å². The molecule has 0 bridgehead atoms. The summed E-state index contributed by atoms with van der Waals surface area (Å²) < 4.78 is 13.7. The summed E-state index contributed by atoms with van der Waals surface area (Å²) in [7, 11) is 4.05. The number of hydrogen-bond donors (Lipinski definition) is 3. The first kappa shape index (κ1) is 51.0. The maximum absolute atomic E-state index is 11.3. The molecule has 0 aliphatic carbocycles. The smallest absolute Gasteiger partial charge is 0.337 e. The van der Waals surface area contributed by atoms with Crippen LogP contribution in [0.3, 0.4) is 0 Å². The highest BCUT2D eigenvalue weighted by Gasteiger charge is 2.05. The van der Waals surface area contributed by atoms with Crippen LogP contribution in [0.15, 0.2) is 146 Å². The van der Waals surface area contributed by atoms with Crippen LogP contribution in [0.1, 0.15) is 74.8 Å². The van der Waals surface area contributed by atoms with E-state index >= 15 is 0 Å². The zero-order valence-electron chi connectivity index (χ0n) is 35.8. The number of esters is 3. The normalized spacial score (nSPS) is 8.71. The van der Waals surface area contributed by atoms with Crippen LogP contribution in [-0.4, -0.2) is 50.3 Å². The van der Waals surface area contributed by atoms with E-state index in [-0.39, 0.29) is 23.5 Å².